The molecule has 0 unspecified atom stereocenters. The van der Waals surface area contributed by atoms with E-state index in [9.17, 15) is 18.0 Å². The number of likely N-dealkylation sites (tertiary alicyclic amines) is 1. The SMILES string of the molecule is O=C(c1cc(F)c(F)cc1F)N1CCC(c2nnc3n2CCNC3)CC1. The first kappa shape index (κ1) is 17.0. The number of hydrogen-bond acceptors (Lipinski definition) is 4. The van der Waals surface area contributed by atoms with E-state index in [1.54, 1.807) is 0 Å². The highest BCUT2D eigenvalue weighted by Crippen LogP contribution is 2.29. The molecule has 2 aromatic rings. The van der Waals surface area contributed by atoms with Crippen molar-refractivity contribution in [1.82, 2.24) is 25.0 Å². The van der Waals surface area contributed by atoms with E-state index < -0.39 is 28.9 Å². The summed E-state index contributed by atoms with van der Waals surface area (Å²) in [6.07, 6.45) is 1.34. The maximum atomic E-state index is 13.8. The molecule has 0 radical (unpaired) electrons. The van der Waals surface area contributed by atoms with Crippen LogP contribution < -0.4 is 5.32 Å². The normalized spacial score (nSPS) is 18.0. The molecule has 1 amide bonds. The van der Waals surface area contributed by atoms with E-state index in [-0.39, 0.29) is 5.92 Å². The van der Waals surface area contributed by atoms with Crippen LogP contribution in [0.3, 0.4) is 0 Å². The van der Waals surface area contributed by atoms with Crippen LogP contribution in [0.5, 0.6) is 0 Å². The Bertz CT molecular complexity index is 845. The number of nitrogens with zero attached hydrogens (tertiary/aromatic N) is 4. The summed E-state index contributed by atoms with van der Waals surface area (Å²) in [4.78, 5) is 13.9. The lowest BCUT2D eigenvalue weighted by Gasteiger charge is -2.32. The fraction of sp³-hybridized carbons (Fsp3) is 0.471. The van der Waals surface area contributed by atoms with Gasteiger partial charge in [-0.05, 0) is 18.9 Å². The van der Waals surface area contributed by atoms with Crippen LogP contribution in [-0.4, -0.2) is 45.2 Å². The number of benzene rings is 1. The summed E-state index contributed by atoms with van der Waals surface area (Å²) in [6.45, 7) is 3.19. The molecule has 1 N–H and O–H groups in total. The Balaban J connectivity index is 1.46. The van der Waals surface area contributed by atoms with Crippen molar-refractivity contribution in [3.05, 3.63) is 46.8 Å². The summed E-state index contributed by atoms with van der Waals surface area (Å²) < 4.78 is 42.4. The molecule has 3 heterocycles. The van der Waals surface area contributed by atoms with Crippen LogP contribution in [0.4, 0.5) is 13.2 Å². The van der Waals surface area contributed by atoms with Gasteiger partial charge in [-0.1, -0.05) is 0 Å². The molecule has 0 saturated carbocycles. The molecule has 26 heavy (non-hydrogen) atoms. The second-order valence-electron chi connectivity index (χ2n) is 6.62. The molecule has 1 fully saturated rings. The molecule has 0 atom stereocenters. The number of carbonyl (C=O) groups is 1. The fourth-order valence-electron chi connectivity index (χ4n) is 3.61. The van der Waals surface area contributed by atoms with Gasteiger partial charge in [0.25, 0.3) is 5.91 Å². The Morgan fingerprint density at radius 1 is 1.04 bits per heavy atom. The quantitative estimate of drug-likeness (QED) is 0.825. The molecule has 1 saturated heterocycles. The number of nitrogens with one attached hydrogen (secondary N) is 1. The van der Waals surface area contributed by atoms with Crippen molar-refractivity contribution in [2.45, 2.75) is 31.8 Å². The van der Waals surface area contributed by atoms with Crippen molar-refractivity contribution in [3.63, 3.8) is 0 Å². The second-order valence-corrected chi connectivity index (χ2v) is 6.62. The number of piperidine rings is 1. The number of rotatable bonds is 2. The van der Waals surface area contributed by atoms with Crippen LogP contribution in [0.2, 0.25) is 0 Å². The van der Waals surface area contributed by atoms with Gasteiger partial charge < -0.3 is 14.8 Å². The van der Waals surface area contributed by atoms with Gasteiger partial charge in [-0.25, -0.2) is 13.2 Å². The lowest BCUT2D eigenvalue weighted by atomic mass is 9.95. The molecule has 138 valence electrons. The van der Waals surface area contributed by atoms with Crippen LogP contribution in [0.1, 0.15) is 40.8 Å². The maximum Gasteiger partial charge on any atom is 0.256 e. The largest absolute Gasteiger partial charge is 0.339 e. The predicted molar refractivity (Wildman–Crippen MR) is 85.9 cm³/mol. The van der Waals surface area contributed by atoms with Gasteiger partial charge in [0.1, 0.15) is 17.5 Å². The molecule has 0 spiro atoms. The molecule has 0 bridgehead atoms. The van der Waals surface area contributed by atoms with Crippen LogP contribution >= 0.6 is 0 Å². The highest BCUT2D eigenvalue weighted by Gasteiger charge is 2.30. The van der Waals surface area contributed by atoms with Crippen molar-refractivity contribution in [2.24, 2.45) is 0 Å². The summed E-state index contributed by atoms with van der Waals surface area (Å²) in [6, 6.07) is 1.03. The lowest BCUT2D eigenvalue weighted by molar-refractivity contribution is 0.0704. The third-order valence-electron chi connectivity index (χ3n) is 5.04. The number of amides is 1. The van der Waals surface area contributed by atoms with Crippen molar-refractivity contribution in [2.75, 3.05) is 19.6 Å². The van der Waals surface area contributed by atoms with Gasteiger partial charge in [-0.2, -0.15) is 0 Å². The van der Waals surface area contributed by atoms with Crippen LogP contribution in [0.15, 0.2) is 12.1 Å². The fourth-order valence-corrected chi connectivity index (χ4v) is 3.61. The number of fused-ring (bicyclic) bond motifs is 1. The molecule has 9 heteroatoms. The van der Waals surface area contributed by atoms with E-state index in [1.807, 2.05) is 0 Å². The maximum absolute atomic E-state index is 13.8. The topological polar surface area (TPSA) is 63.1 Å². The smallest absolute Gasteiger partial charge is 0.256 e. The Hall–Kier alpha value is -2.42. The van der Waals surface area contributed by atoms with Crippen LogP contribution in [-0.2, 0) is 13.1 Å². The molecule has 0 aliphatic carbocycles. The summed E-state index contributed by atoms with van der Waals surface area (Å²) in [5, 5.41) is 11.8. The van der Waals surface area contributed by atoms with Crippen molar-refractivity contribution in [1.29, 1.82) is 0 Å². The second kappa shape index (κ2) is 6.71. The minimum absolute atomic E-state index is 0.174. The molecular weight excluding hydrogens is 347 g/mol. The number of carbonyl (C=O) groups excluding carboxylic acids is 1. The van der Waals surface area contributed by atoms with Crippen molar-refractivity contribution in [3.8, 4) is 0 Å². The van der Waals surface area contributed by atoms with E-state index >= 15 is 0 Å². The molecule has 1 aromatic heterocycles. The Kier molecular flexibility index (Phi) is 4.39. The molecular formula is C17H18F3N5O. The third-order valence-corrected chi connectivity index (χ3v) is 5.04. The number of halogens is 3. The standard InChI is InChI=1S/C17H18F3N5O/c18-12-8-14(20)13(19)7-11(12)17(26)24-4-1-10(2-5-24)16-23-22-15-9-21-3-6-25(15)16/h7-8,10,21H,1-6,9H2. The van der Waals surface area contributed by atoms with E-state index in [2.05, 4.69) is 20.1 Å². The molecule has 4 rings (SSSR count). The van der Waals surface area contributed by atoms with Crippen LogP contribution in [0.25, 0.3) is 0 Å². The predicted octanol–water partition coefficient (Wildman–Crippen LogP) is 1.82. The van der Waals surface area contributed by atoms with E-state index in [4.69, 9.17) is 0 Å². The first-order valence-electron chi connectivity index (χ1n) is 8.61. The summed E-state index contributed by atoms with van der Waals surface area (Å²) in [5.74, 6) is -2.19. The average molecular weight is 365 g/mol. The Labute approximate surface area is 148 Å². The highest BCUT2D eigenvalue weighted by atomic mass is 19.2. The Morgan fingerprint density at radius 2 is 1.77 bits per heavy atom. The zero-order valence-electron chi connectivity index (χ0n) is 14.0. The van der Waals surface area contributed by atoms with Gasteiger partial charge in [0, 0.05) is 38.2 Å². The Morgan fingerprint density at radius 3 is 2.54 bits per heavy atom. The van der Waals surface area contributed by atoms with Gasteiger partial charge in [-0.3, -0.25) is 4.79 Å². The van der Waals surface area contributed by atoms with Gasteiger partial charge in [0.05, 0.1) is 12.1 Å². The lowest BCUT2D eigenvalue weighted by Crippen LogP contribution is -2.39. The minimum Gasteiger partial charge on any atom is -0.339 e. The first-order valence-corrected chi connectivity index (χ1v) is 8.61. The molecule has 1 aromatic carbocycles. The van der Waals surface area contributed by atoms with E-state index in [0.29, 0.717) is 44.6 Å². The van der Waals surface area contributed by atoms with Gasteiger partial charge >= 0.3 is 0 Å². The zero-order chi connectivity index (χ0) is 18.3. The van der Waals surface area contributed by atoms with Gasteiger partial charge in [0.15, 0.2) is 11.6 Å². The minimum atomic E-state index is -1.30. The zero-order valence-corrected chi connectivity index (χ0v) is 14.0. The third kappa shape index (κ3) is 2.96. The molecule has 2 aliphatic rings. The summed E-state index contributed by atoms with van der Waals surface area (Å²) in [7, 11) is 0. The number of hydrogen-bond donors (Lipinski definition) is 1. The van der Waals surface area contributed by atoms with E-state index in [1.165, 1.54) is 4.90 Å². The van der Waals surface area contributed by atoms with Crippen molar-refractivity contribution < 1.29 is 18.0 Å². The highest BCUT2D eigenvalue weighted by molar-refractivity contribution is 5.94. The van der Waals surface area contributed by atoms with Crippen molar-refractivity contribution >= 4 is 5.91 Å². The summed E-state index contributed by atoms with van der Waals surface area (Å²) >= 11 is 0. The molecule has 2 aliphatic heterocycles. The number of aromatic nitrogens is 3. The van der Waals surface area contributed by atoms with E-state index in [0.717, 1.165) is 24.7 Å². The summed E-state index contributed by atoms with van der Waals surface area (Å²) in [5.41, 5.74) is -0.437. The monoisotopic (exact) mass is 365 g/mol. The first-order chi connectivity index (χ1) is 12.5. The van der Waals surface area contributed by atoms with Gasteiger partial charge in [-0.15, -0.1) is 10.2 Å². The van der Waals surface area contributed by atoms with Crippen LogP contribution in [0, 0.1) is 17.5 Å². The van der Waals surface area contributed by atoms with Gasteiger partial charge in [0.2, 0.25) is 0 Å². The molecule has 6 nitrogen and oxygen atoms in total. The average Bonchev–Trinajstić information content (AvgIpc) is 3.08.